The number of hydrazone groups is 1. The number of aliphatic hydroxyl groups is 1. The van der Waals surface area contributed by atoms with Crippen LogP contribution in [0.5, 0.6) is 0 Å². The van der Waals surface area contributed by atoms with E-state index in [1.165, 1.54) is 12.1 Å². The maximum atomic E-state index is 12.6. The monoisotopic (exact) mass is 367 g/mol. The maximum Gasteiger partial charge on any atom is 0.416 e. The highest BCUT2D eigenvalue weighted by atomic mass is 19.4. The third-order valence-electron chi connectivity index (χ3n) is 3.48. The number of nitrogens with two attached hydrogens (primary N) is 2. The van der Waals surface area contributed by atoms with Gasteiger partial charge in [-0.05, 0) is 42.8 Å². The summed E-state index contributed by atoms with van der Waals surface area (Å²) in [6.07, 6.45) is -3.94. The Hall–Kier alpha value is -2.78. The summed E-state index contributed by atoms with van der Waals surface area (Å²) in [4.78, 5) is 0. The van der Waals surface area contributed by atoms with E-state index in [9.17, 15) is 13.2 Å². The molecule has 0 heterocycles. The van der Waals surface area contributed by atoms with Gasteiger partial charge >= 0.3 is 6.18 Å². The number of nitrogens with zero attached hydrogens (tertiary/aromatic N) is 2. The van der Waals surface area contributed by atoms with Crippen molar-refractivity contribution in [1.82, 2.24) is 5.12 Å². The third kappa shape index (κ3) is 5.36. The van der Waals surface area contributed by atoms with Crippen LogP contribution in [-0.2, 0) is 6.18 Å². The van der Waals surface area contributed by atoms with Crippen molar-refractivity contribution < 1.29 is 18.3 Å². The lowest BCUT2D eigenvalue weighted by Crippen LogP contribution is -2.31. The molecule has 0 amide bonds. The van der Waals surface area contributed by atoms with Gasteiger partial charge in [-0.25, -0.2) is 11.0 Å². The molecular weight excluding hydrogens is 347 g/mol. The zero-order valence-electron chi connectivity index (χ0n) is 13.9. The predicted molar refractivity (Wildman–Crippen MR) is 94.5 cm³/mol. The first-order chi connectivity index (χ1) is 12.3. The van der Waals surface area contributed by atoms with Crippen molar-refractivity contribution >= 4 is 17.2 Å². The molecule has 0 fully saturated rings. The SMILES string of the molecule is N/C(=N\N(N)CCCO)c1ccccc1Nc1ccc(C(F)(F)F)cc1. The van der Waals surface area contributed by atoms with Crippen molar-refractivity contribution in [2.75, 3.05) is 18.5 Å². The molecule has 26 heavy (non-hydrogen) atoms. The van der Waals surface area contributed by atoms with E-state index < -0.39 is 11.7 Å². The van der Waals surface area contributed by atoms with Gasteiger partial charge in [0.15, 0.2) is 5.84 Å². The van der Waals surface area contributed by atoms with Gasteiger partial charge in [0.25, 0.3) is 0 Å². The second-order valence-electron chi connectivity index (χ2n) is 5.47. The van der Waals surface area contributed by atoms with Gasteiger partial charge in [-0.3, -0.25) is 0 Å². The normalized spacial score (nSPS) is 12.1. The van der Waals surface area contributed by atoms with Crippen molar-refractivity contribution in [3.05, 3.63) is 59.7 Å². The van der Waals surface area contributed by atoms with E-state index in [4.69, 9.17) is 16.7 Å². The Kier molecular flexibility index (Phi) is 6.42. The smallest absolute Gasteiger partial charge is 0.396 e. The lowest BCUT2D eigenvalue weighted by atomic mass is 10.1. The van der Waals surface area contributed by atoms with Crippen molar-refractivity contribution in [2.24, 2.45) is 16.7 Å². The molecule has 2 aromatic rings. The van der Waals surface area contributed by atoms with Crippen LogP contribution in [0.3, 0.4) is 0 Å². The Balaban J connectivity index is 2.20. The molecule has 0 atom stereocenters. The van der Waals surface area contributed by atoms with Crippen LogP contribution in [0.25, 0.3) is 0 Å². The van der Waals surface area contributed by atoms with E-state index in [-0.39, 0.29) is 12.4 Å². The Morgan fingerprint density at radius 1 is 1.12 bits per heavy atom. The Morgan fingerprint density at radius 3 is 2.38 bits per heavy atom. The average Bonchev–Trinajstić information content (AvgIpc) is 2.60. The third-order valence-corrected chi connectivity index (χ3v) is 3.48. The van der Waals surface area contributed by atoms with E-state index in [0.29, 0.717) is 29.9 Å². The zero-order valence-corrected chi connectivity index (χ0v) is 13.9. The molecule has 0 aromatic heterocycles. The highest BCUT2D eigenvalue weighted by Crippen LogP contribution is 2.30. The number of hydrogen-bond acceptors (Lipinski definition) is 5. The minimum Gasteiger partial charge on any atom is -0.396 e. The second-order valence-corrected chi connectivity index (χ2v) is 5.47. The van der Waals surface area contributed by atoms with Crippen molar-refractivity contribution in [3.63, 3.8) is 0 Å². The fourth-order valence-electron chi connectivity index (χ4n) is 2.19. The lowest BCUT2D eigenvalue weighted by molar-refractivity contribution is -0.137. The molecule has 0 saturated heterocycles. The van der Waals surface area contributed by atoms with Gasteiger partial charge in [-0.2, -0.15) is 13.2 Å². The van der Waals surface area contributed by atoms with E-state index in [0.717, 1.165) is 17.3 Å². The molecule has 0 aliphatic rings. The van der Waals surface area contributed by atoms with Crippen LogP contribution in [0.4, 0.5) is 24.5 Å². The van der Waals surface area contributed by atoms with E-state index in [2.05, 4.69) is 10.4 Å². The molecule has 2 rings (SSSR count). The minimum absolute atomic E-state index is 0.0187. The molecule has 0 saturated carbocycles. The van der Waals surface area contributed by atoms with E-state index in [1.807, 2.05) is 0 Å². The number of amidine groups is 1. The molecule has 140 valence electrons. The molecule has 2 aromatic carbocycles. The van der Waals surface area contributed by atoms with Crippen molar-refractivity contribution in [1.29, 1.82) is 0 Å². The topological polar surface area (TPSA) is 99.9 Å². The molecule has 0 spiro atoms. The molecule has 9 heteroatoms. The Labute approximate surface area is 148 Å². The first-order valence-electron chi connectivity index (χ1n) is 7.82. The highest BCUT2D eigenvalue weighted by Gasteiger charge is 2.29. The summed E-state index contributed by atoms with van der Waals surface area (Å²) >= 11 is 0. The number of nitrogens with one attached hydrogen (secondary N) is 1. The molecule has 0 radical (unpaired) electrons. The van der Waals surface area contributed by atoms with Gasteiger partial charge in [0.05, 0.1) is 12.1 Å². The van der Waals surface area contributed by atoms with Crippen LogP contribution in [0, 0.1) is 0 Å². The average molecular weight is 367 g/mol. The molecule has 6 N–H and O–H groups in total. The Morgan fingerprint density at radius 2 is 1.77 bits per heavy atom. The van der Waals surface area contributed by atoms with E-state index in [1.54, 1.807) is 24.3 Å². The number of aliphatic hydroxyl groups excluding tert-OH is 1. The standard InChI is InChI=1S/C17H20F3N5O/c18-17(19,20)12-6-8-13(9-7-12)23-15-5-2-1-4-14(15)16(21)24-25(22)10-3-11-26/h1-2,4-9,23,26H,3,10-11,22H2,(H2,21,24). The van der Waals surface area contributed by atoms with Crippen LogP contribution in [0.2, 0.25) is 0 Å². The molecular formula is C17H20F3N5O. The van der Waals surface area contributed by atoms with Crippen LogP contribution in [0.1, 0.15) is 17.5 Å². The van der Waals surface area contributed by atoms with Gasteiger partial charge < -0.3 is 16.2 Å². The highest BCUT2D eigenvalue weighted by molar-refractivity contribution is 6.02. The van der Waals surface area contributed by atoms with Crippen LogP contribution < -0.4 is 16.9 Å². The summed E-state index contributed by atoms with van der Waals surface area (Å²) in [6, 6.07) is 11.6. The van der Waals surface area contributed by atoms with Gasteiger partial charge in [-0.1, -0.05) is 12.1 Å². The number of para-hydroxylation sites is 1. The summed E-state index contributed by atoms with van der Waals surface area (Å²) in [6.45, 7) is 0.306. The second kappa shape index (κ2) is 8.54. The Bertz CT molecular complexity index is 747. The summed E-state index contributed by atoms with van der Waals surface area (Å²) in [5.74, 6) is 5.83. The number of halogens is 3. The first kappa shape index (κ1) is 19.5. The number of rotatable bonds is 7. The van der Waals surface area contributed by atoms with Crippen LogP contribution in [0.15, 0.2) is 53.6 Å². The first-order valence-corrected chi connectivity index (χ1v) is 7.82. The quantitative estimate of drug-likeness (QED) is 0.261. The zero-order chi connectivity index (χ0) is 19.2. The number of hydrazine groups is 1. The summed E-state index contributed by atoms with van der Waals surface area (Å²) in [5.41, 5.74) is 6.85. The fourth-order valence-corrected chi connectivity index (χ4v) is 2.19. The van der Waals surface area contributed by atoms with Crippen LogP contribution in [-0.4, -0.2) is 29.2 Å². The summed E-state index contributed by atoms with van der Waals surface area (Å²) in [7, 11) is 0. The van der Waals surface area contributed by atoms with Crippen LogP contribution >= 0.6 is 0 Å². The van der Waals surface area contributed by atoms with Gasteiger partial charge in [0, 0.05) is 23.5 Å². The molecule has 0 aliphatic heterocycles. The van der Waals surface area contributed by atoms with Gasteiger partial charge in [0.1, 0.15) is 0 Å². The molecule has 0 bridgehead atoms. The number of anilines is 2. The number of benzene rings is 2. The maximum absolute atomic E-state index is 12.6. The largest absolute Gasteiger partial charge is 0.416 e. The fraction of sp³-hybridized carbons (Fsp3) is 0.235. The summed E-state index contributed by atoms with van der Waals surface area (Å²) in [5, 5.41) is 17.0. The minimum atomic E-state index is -4.38. The molecule has 6 nitrogen and oxygen atoms in total. The molecule has 0 unspecified atom stereocenters. The summed E-state index contributed by atoms with van der Waals surface area (Å²) < 4.78 is 37.9. The number of hydrogen-bond donors (Lipinski definition) is 4. The number of alkyl halides is 3. The van der Waals surface area contributed by atoms with Gasteiger partial charge in [-0.15, -0.1) is 5.10 Å². The van der Waals surface area contributed by atoms with Crippen molar-refractivity contribution in [2.45, 2.75) is 12.6 Å². The predicted octanol–water partition coefficient (Wildman–Crippen LogP) is 2.63. The lowest BCUT2D eigenvalue weighted by Gasteiger charge is -2.15. The molecule has 0 aliphatic carbocycles. The van der Waals surface area contributed by atoms with E-state index >= 15 is 0 Å². The van der Waals surface area contributed by atoms with Gasteiger partial charge in [0.2, 0.25) is 0 Å². The van der Waals surface area contributed by atoms with Crippen molar-refractivity contribution in [3.8, 4) is 0 Å².